The molecule has 0 spiro atoms. The van der Waals surface area contributed by atoms with Gasteiger partial charge < -0.3 is 15.5 Å². The minimum atomic E-state index is -4.58. The number of fused-ring (bicyclic) bond motifs is 1. The summed E-state index contributed by atoms with van der Waals surface area (Å²) in [4.78, 5) is 30.2. The Kier molecular flexibility index (Phi) is 6.21. The van der Waals surface area contributed by atoms with Crippen molar-refractivity contribution in [2.24, 2.45) is 5.41 Å². The zero-order valence-corrected chi connectivity index (χ0v) is 17.2. The molecule has 1 saturated carbocycles. The van der Waals surface area contributed by atoms with Gasteiger partial charge in [0.15, 0.2) is 0 Å². The van der Waals surface area contributed by atoms with Gasteiger partial charge in [0.2, 0.25) is 11.8 Å². The molecule has 2 heterocycles. The number of nitrogens with zero attached hydrogens (tertiary/aromatic N) is 2. The predicted molar refractivity (Wildman–Crippen MR) is 107 cm³/mol. The number of pyridine rings is 1. The highest BCUT2D eigenvalue weighted by Crippen LogP contribution is 2.55. The van der Waals surface area contributed by atoms with Crippen LogP contribution in [0.4, 0.5) is 19.0 Å². The molecular formula is C21H27F3N4O2. The first-order valence-electron chi connectivity index (χ1n) is 10.0. The Morgan fingerprint density at radius 3 is 2.80 bits per heavy atom. The van der Waals surface area contributed by atoms with Gasteiger partial charge in [-0.15, -0.1) is 6.58 Å². The zero-order valence-electron chi connectivity index (χ0n) is 17.2. The highest BCUT2D eigenvalue weighted by molar-refractivity contribution is 5.95. The largest absolute Gasteiger partial charge is 0.433 e. The number of hydrogen-bond donors (Lipinski definition) is 2. The number of rotatable bonds is 8. The maximum Gasteiger partial charge on any atom is 0.433 e. The fourth-order valence-electron chi connectivity index (χ4n) is 4.09. The van der Waals surface area contributed by atoms with Crippen LogP contribution in [0.1, 0.15) is 43.4 Å². The molecule has 9 heteroatoms. The lowest BCUT2D eigenvalue weighted by atomic mass is 9.98. The number of aromatic nitrogens is 1. The molecule has 6 nitrogen and oxygen atoms in total. The van der Waals surface area contributed by atoms with Gasteiger partial charge in [-0.1, -0.05) is 12.1 Å². The SMILES string of the molecule is C=CCCCC(=O)N(C)C[C@@]12C[C@@H](C(=O)Nc3nc(C(F)(F)F)ccc3C)N[C@@H]1C2. The summed E-state index contributed by atoms with van der Waals surface area (Å²) in [5.74, 6) is -0.425. The number of anilines is 1. The number of alkyl halides is 3. The monoisotopic (exact) mass is 424 g/mol. The summed E-state index contributed by atoms with van der Waals surface area (Å²) < 4.78 is 38.7. The van der Waals surface area contributed by atoms with E-state index in [0.717, 1.165) is 25.3 Å². The van der Waals surface area contributed by atoms with Crippen LogP contribution in [0, 0.1) is 12.3 Å². The number of allylic oxidation sites excluding steroid dienone is 1. The number of halogens is 3. The van der Waals surface area contributed by atoms with Gasteiger partial charge in [0.05, 0.1) is 6.04 Å². The molecule has 1 aromatic heterocycles. The van der Waals surface area contributed by atoms with Crippen LogP contribution in [0.2, 0.25) is 0 Å². The number of carbonyl (C=O) groups is 2. The van der Waals surface area contributed by atoms with Gasteiger partial charge in [-0.2, -0.15) is 13.2 Å². The van der Waals surface area contributed by atoms with Crippen molar-refractivity contribution in [3.8, 4) is 0 Å². The Morgan fingerprint density at radius 2 is 2.13 bits per heavy atom. The first kappa shape index (κ1) is 22.3. The lowest BCUT2D eigenvalue weighted by Crippen LogP contribution is -2.38. The minimum absolute atomic E-state index is 0.0635. The van der Waals surface area contributed by atoms with Crippen molar-refractivity contribution in [3.05, 3.63) is 36.0 Å². The number of piperidine rings is 1. The molecule has 30 heavy (non-hydrogen) atoms. The molecule has 1 aliphatic heterocycles. The van der Waals surface area contributed by atoms with Gasteiger partial charge in [-0.05, 0) is 44.2 Å². The third-order valence-electron chi connectivity index (χ3n) is 5.92. The molecule has 164 valence electrons. The van der Waals surface area contributed by atoms with E-state index in [4.69, 9.17) is 0 Å². The fraction of sp³-hybridized carbons (Fsp3) is 0.571. The average Bonchev–Trinajstić information content (AvgIpc) is 3.21. The van der Waals surface area contributed by atoms with E-state index < -0.39 is 23.8 Å². The molecule has 1 saturated heterocycles. The summed E-state index contributed by atoms with van der Waals surface area (Å²) in [5.41, 5.74) is -0.737. The molecule has 3 rings (SSSR count). The van der Waals surface area contributed by atoms with E-state index in [1.807, 2.05) is 0 Å². The van der Waals surface area contributed by atoms with Crippen LogP contribution < -0.4 is 10.6 Å². The second-order valence-electron chi connectivity index (χ2n) is 8.32. The van der Waals surface area contributed by atoms with Crippen molar-refractivity contribution in [3.63, 3.8) is 0 Å². The molecule has 2 amide bonds. The Hall–Kier alpha value is -2.42. The summed E-state index contributed by atoms with van der Waals surface area (Å²) in [6, 6.07) is 1.79. The summed E-state index contributed by atoms with van der Waals surface area (Å²) in [6.07, 6.45) is 0.631. The molecule has 2 fully saturated rings. The Bertz CT molecular complexity index is 842. The number of aryl methyl sites for hydroxylation is 1. The zero-order chi connectivity index (χ0) is 22.1. The summed E-state index contributed by atoms with van der Waals surface area (Å²) >= 11 is 0. The maximum atomic E-state index is 12.9. The fourth-order valence-corrected chi connectivity index (χ4v) is 4.09. The third kappa shape index (κ3) is 4.83. The number of hydrogen-bond acceptors (Lipinski definition) is 4. The topological polar surface area (TPSA) is 74.3 Å². The smallest absolute Gasteiger partial charge is 0.345 e. The van der Waals surface area contributed by atoms with Crippen LogP contribution >= 0.6 is 0 Å². The highest BCUT2D eigenvalue weighted by atomic mass is 19.4. The number of amides is 2. The summed E-state index contributed by atoms with van der Waals surface area (Å²) in [7, 11) is 1.77. The van der Waals surface area contributed by atoms with E-state index in [1.54, 1.807) is 24.9 Å². The molecule has 0 aromatic carbocycles. The van der Waals surface area contributed by atoms with Crippen molar-refractivity contribution in [1.82, 2.24) is 15.2 Å². The summed E-state index contributed by atoms with van der Waals surface area (Å²) in [5, 5.41) is 5.77. The van der Waals surface area contributed by atoms with E-state index in [0.29, 0.717) is 24.9 Å². The molecule has 1 aromatic rings. The Labute approximate surface area is 173 Å². The second kappa shape index (κ2) is 8.37. The van der Waals surface area contributed by atoms with E-state index >= 15 is 0 Å². The van der Waals surface area contributed by atoms with Crippen molar-refractivity contribution in [2.75, 3.05) is 18.9 Å². The molecule has 2 aliphatic rings. The number of nitrogens with one attached hydrogen (secondary N) is 2. The minimum Gasteiger partial charge on any atom is -0.345 e. The third-order valence-corrected chi connectivity index (χ3v) is 5.92. The van der Waals surface area contributed by atoms with Crippen molar-refractivity contribution in [1.29, 1.82) is 0 Å². The van der Waals surface area contributed by atoms with Gasteiger partial charge in [-0.25, -0.2) is 4.98 Å². The molecule has 0 bridgehead atoms. The molecule has 0 unspecified atom stereocenters. The molecule has 3 atom stereocenters. The van der Waals surface area contributed by atoms with Gasteiger partial charge >= 0.3 is 6.18 Å². The first-order chi connectivity index (χ1) is 14.1. The predicted octanol–water partition coefficient (Wildman–Crippen LogP) is 3.28. The summed E-state index contributed by atoms with van der Waals surface area (Å²) in [6.45, 7) is 5.80. The van der Waals surface area contributed by atoms with Crippen molar-refractivity contribution in [2.45, 2.75) is 57.3 Å². The molecule has 1 aliphatic carbocycles. The Balaban J connectivity index is 1.58. The van der Waals surface area contributed by atoms with Crippen molar-refractivity contribution < 1.29 is 22.8 Å². The van der Waals surface area contributed by atoms with Crippen LogP contribution in [0.25, 0.3) is 0 Å². The van der Waals surface area contributed by atoms with Gasteiger partial charge in [0, 0.05) is 31.5 Å². The van der Waals surface area contributed by atoms with Gasteiger partial charge in [0.25, 0.3) is 0 Å². The van der Waals surface area contributed by atoms with Gasteiger partial charge in [-0.3, -0.25) is 9.59 Å². The lowest BCUT2D eigenvalue weighted by Gasteiger charge is -2.23. The van der Waals surface area contributed by atoms with Crippen LogP contribution in [-0.2, 0) is 15.8 Å². The number of unbranched alkanes of at least 4 members (excludes halogenated alkanes) is 1. The first-order valence-corrected chi connectivity index (χ1v) is 10.0. The van der Waals surface area contributed by atoms with Crippen LogP contribution in [0.3, 0.4) is 0 Å². The average molecular weight is 424 g/mol. The quantitative estimate of drug-likeness (QED) is 0.496. The number of carbonyl (C=O) groups excluding carboxylic acids is 2. The van der Waals surface area contributed by atoms with E-state index in [1.165, 1.54) is 6.07 Å². The van der Waals surface area contributed by atoms with E-state index in [2.05, 4.69) is 22.2 Å². The van der Waals surface area contributed by atoms with Crippen LogP contribution in [0.5, 0.6) is 0 Å². The lowest BCUT2D eigenvalue weighted by molar-refractivity contribution is -0.141. The molecule has 0 radical (unpaired) electrons. The second-order valence-corrected chi connectivity index (χ2v) is 8.32. The molecular weight excluding hydrogens is 397 g/mol. The van der Waals surface area contributed by atoms with E-state index in [-0.39, 0.29) is 23.2 Å². The van der Waals surface area contributed by atoms with E-state index in [9.17, 15) is 22.8 Å². The van der Waals surface area contributed by atoms with Crippen LogP contribution in [0.15, 0.2) is 24.8 Å². The molecule has 2 N–H and O–H groups in total. The Morgan fingerprint density at radius 1 is 1.40 bits per heavy atom. The maximum absolute atomic E-state index is 12.9. The van der Waals surface area contributed by atoms with Crippen molar-refractivity contribution >= 4 is 17.6 Å². The van der Waals surface area contributed by atoms with Gasteiger partial charge in [0.1, 0.15) is 11.5 Å². The van der Waals surface area contributed by atoms with Crippen LogP contribution in [-0.4, -0.2) is 47.4 Å². The highest BCUT2D eigenvalue weighted by Gasteiger charge is 2.62. The standard InChI is InChI=1S/C21H27F3N4O2/c1-4-5-6-7-17(29)28(3)12-20-10-14(25-16(20)11-20)19(30)27-18-13(2)8-9-15(26-18)21(22,23)24/h4,8-9,14,16,25H,1,5-7,10-12H2,2-3H3,(H,26,27,30)/t14-,16+,20-/m0/s1. The normalized spacial score (nSPS) is 24.8.